The van der Waals surface area contributed by atoms with Gasteiger partial charge in [0, 0.05) is 13.3 Å². The number of allylic oxidation sites excluding steroid dienone is 3. The average Bonchev–Trinajstić information content (AvgIpc) is 2.57. The highest BCUT2D eigenvalue weighted by Crippen LogP contribution is 2.55. The molecule has 1 aliphatic rings. The Bertz CT molecular complexity index is 982. The Kier molecular flexibility index (Phi) is 6.88. The van der Waals surface area contributed by atoms with Crippen LogP contribution >= 0.6 is 46.4 Å². The molecule has 0 fully saturated rings. The fourth-order valence-electron chi connectivity index (χ4n) is 2.62. The third kappa shape index (κ3) is 3.98. The van der Waals surface area contributed by atoms with Crippen LogP contribution in [0.3, 0.4) is 0 Å². The number of halogens is 7. The molecule has 0 radical (unpaired) electrons. The lowest BCUT2D eigenvalue weighted by atomic mass is 9.98. The number of pyridine rings is 1. The average molecular weight is 514 g/mol. The monoisotopic (exact) mass is 512 g/mol. The van der Waals surface area contributed by atoms with E-state index in [1.165, 1.54) is 0 Å². The van der Waals surface area contributed by atoms with Gasteiger partial charge in [-0.2, -0.15) is 13.2 Å². The first-order chi connectivity index (χ1) is 13.2. The van der Waals surface area contributed by atoms with Crippen LogP contribution in [0.25, 0.3) is 0 Å². The minimum absolute atomic E-state index is 0.137. The van der Waals surface area contributed by atoms with Crippen molar-refractivity contribution in [3.8, 4) is 0 Å². The van der Waals surface area contributed by atoms with Gasteiger partial charge >= 0.3 is 6.18 Å². The van der Waals surface area contributed by atoms with Crippen molar-refractivity contribution in [1.29, 1.82) is 0 Å². The minimum atomic E-state index is -5.57. The van der Waals surface area contributed by atoms with Gasteiger partial charge in [-0.25, -0.2) is 17.7 Å². The lowest BCUT2D eigenvalue weighted by molar-refractivity contribution is -0.150. The zero-order valence-corrected chi connectivity index (χ0v) is 18.1. The molecular weight excluding hydrogens is 503 g/mol. The molecule has 1 aromatic rings. The van der Waals surface area contributed by atoms with Crippen molar-refractivity contribution < 1.29 is 31.1 Å². The number of methoxy groups -OCH3 is 1. The molecule has 1 atom stereocenters. The number of nitrogens with zero attached hydrogens (tertiary/aromatic N) is 2. The molecule has 0 aliphatic heterocycles. The van der Waals surface area contributed by atoms with E-state index in [1.807, 2.05) is 0 Å². The number of aromatic nitrogens is 1. The van der Waals surface area contributed by atoms with Crippen LogP contribution in [-0.4, -0.2) is 47.7 Å². The Morgan fingerprint density at radius 3 is 2.34 bits per heavy atom. The van der Waals surface area contributed by atoms with Crippen LogP contribution < -0.4 is 4.31 Å². The fraction of sp³-hybridized carbons (Fsp3) is 0.333. The summed E-state index contributed by atoms with van der Waals surface area (Å²) in [4.78, 5) is 15.3. The van der Waals surface area contributed by atoms with E-state index >= 15 is 0 Å². The van der Waals surface area contributed by atoms with Gasteiger partial charge in [0.25, 0.3) is 15.3 Å². The summed E-state index contributed by atoms with van der Waals surface area (Å²) < 4.78 is 67.5. The first-order valence-electron chi connectivity index (χ1n) is 7.41. The van der Waals surface area contributed by atoms with E-state index in [2.05, 4.69) is 4.98 Å². The number of alkyl halides is 5. The van der Waals surface area contributed by atoms with Crippen LogP contribution in [0, 0.1) is 0 Å². The Hall–Kier alpha value is -1.04. The van der Waals surface area contributed by atoms with Crippen LogP contribution in [0.15, 0.2) is 36.6 Å². The summed E-state index contributed by atoms with van der Waals surface area (Å²) in [5, 5.41) is -1.42. The standard InChI is InChI=1S/C15H11Cl4F3N2O4S/c1-28-8-24(10-6-9(16)7-23-11(10)12(17)25)29(26,27)13(15(20,21)22)4-2-3-5-14(13,18)19/h2-7H,8H2,1H3. The fourth-order valence-corrected chi connectivity index (χ4v) is 5.93. The quantitative estimate of drug-likeness (QED) is 0.319. The zero-order valence-electron chi connectivity index (χ0n) is 14.3. The number of anilines is 1. The summed E-state index contributed by atoms with van der Waals surface area (Å²) in [6.45, 7) is -0.958. The van der Waals surface area contributed by atoms with Gasteiger partial charge in [0.2, 0.25) is 4.75 Å². The Balaban J connectivity index is 2.89. The van der Waals surface area contributed by atoms with E-state index in [-0.39, 0.29) is 9.33 Å². The van der Waals surface area contributed by atoms with Crippen LogP contribution in [0.5, 0.6) is 0 Å². The van der Waals surface area contributed by atoms with Gasteiger partial charge in [0.15, 0.2) is 4.33 Å². The molecule has 0 aromatic carbocycles. The van der Waals surface area contributed by atoms with E-state index in [0.717, 1.165) is 31.5 Å². The maximum atomic E-state index is 14.2. The third-order valence-corrected chi connectivity index (χ3v) is 7.74. The first kappa shape index (κ1) is 24.2. The number of carbonyl (C=O) groups is 1. The highest BCUT2D eigenvalue weighted by molar-refractivity contribution is 7.94. The molecule has 2 rings (SSSR count). The van der Waals surface area contributed by atoms with Crippen molar-refractivity contribution in [2.24, 2.45) is 0 Å². The van der Waals surface area contributed by atoms with Gasteiger partial charge in [0.05, 0.1) is 10.7 Å². The Labute approximate surface area is 183 Å². The smallest absolute Gasteiger partial charge is 0.363 e. The number of sulfonamides is 1. The van der Waals surface area contributed by atoms with E-state index in [0.29, 0.717) is 12.2 Å². The molecule has 6 nitrogen and oxygen atoms in total. The molecule has 1 aromatic heterocycles. The first-order valence-corrected chi connectivity index (χ1v) is 10.4. The predicted molar refractivity (Wildman–Crippen MR) is 104 cm³/mol. The normalized spacial score (nSPS) is 21.2. The molecule has 0 saturated heterocycles. The number of ether oxygens (including phenoxy) is 1. The van der Waals surface area contributed by atoms with Crippen LogP contribution in [-0.2, 0) is 14.8 Å². The number of carbonyl (C=O) groups excluding carboxylic acids is 1. The van der Waals surface area contributed by atoms with Crippen LogP contribution in [0.4, 0.5) is 18.9 Å². The molecule has 14 heteroatoms. The summed E-state index contributed by atoms with van der Waals surface area (Å²) in [5.41, 5.74) is -1.31. The van der Waals surface area contributed by atoms with E-state index in [4.69, 9.17) is 51.1 Å². The summed E-state index contributed by atoms with van der Waals surface area (Å²) in [5.74, 6) is 0. The molecule has 0 N–H and O–H groups in total. The second-order valence-corrected chi connectivity index (χ2v) is 9.84. The van der Waals surface area contributed by atoms with Gasteiger partial charge < -0.3 is 4.74 Å². The molecule has 0 amide bonds. The lowest BCUT2D eigenvalue weighted by Gasteiger charge is -2.43. The molecule has 160 valence electrons. The maximum absolute atomic E-state index is 14.2. The van der Waals surface area contributed by atoms with Crippen molar-refractivity contribution in [3.63, 3.8) is 0 Å². The number of hydrogen-bond donors (Lipinski definition) is 0. The Morgan fingerprint density at radius 1 is 1.28 bits per heavy atom. The van der Waals surface area contributed by atoms with E-state index in [1.54, 1.807) is 0 Å². The predicted octanol–water partition coefficient (Wildman–Crippen LogP) is 4.46. The summed E-state index contributed by atoms with van der Waals surface area (Å²) in [6.07, 6.45) is -1.63. The van der Waals surface area contributed by atoms with Gasteiger partial charge in [0.1, 0.15) is 12.4 Å². The third-order valence-electron chi connectivity index (χ3n) is 3.90. The van der Waals surface area contributed by atoms with Crippen molar-refractivity contribution in [1.82, 2.24) is 4.98 Å². The van der Waals surface area contributed by atoms with E-state index < -0.39 is 48.6 Å². The molecule has 29 heavy (non-hydrogen) atoms. The van der Waals surface area contributed by atoms with Gasteiger partial charge in [-0.15, -0.1) is 0 Å². The van der Waals surface area contributed by atoms with Crippen molar-refractivity contribution in [2.75, 3.05) is 18.1 Å². The van der Waals surface area contributed by atoms with Gasteiger partial charge in [-0.05, 0) is 29.8 Å². The molecule has 0 saturated carbocycles. The topological polar surface area (TPSA) is 76.6 Å². The summed E-state index contributed by atoms with van der Waals surface area (Å²) in [7, 11) is -4.55. The highest BCUT2D eigenvalue weighted by atomic mass is 35.5. The molecule has 1 aliphatic carbocycles. The van der Waals surface area contributed by atoms with Crippen LogP contribution in [0.2, 0.25) is 5.02 Å². The van der Waals surface area contributed by atoms with E-state index in [9.17, 15) is 26.4 Å². The lowest BCUT2D eigenvalue weighted by Crippen LogP contribution is -2.65. The zero-order chi connectivity index (χ0) is 22.3. The van der Waals surface area contributed by atoms with Crippen molar-refractivity contribution in [2.45, 2.75) is 15.3 Å². The largest absolute Gasteiger partial charge is 0.416 e. The van der Waals surface area contributed by atoms with Gasteiger partial charge in [-0.1, -0.05) is 47.0 Å². The molecule has 1 unspecified atom stereocenters. The van der Waals surface area contributed by atoms with Crippen molar-refractivity contribution >= 4 is 67.4 Å². The number of hydrogen-bond acceptors (Lipinski definition) is 5. The maximum Gasteiger partial charge on any atom is 0.416 e. The molecular formula is C15H11Cl4F3N2O4S. The molecule has 0 bridgehead atoms. The number of rotatable bonds is 6. The minimum Gasteiger partial charge on any atom is -0.363 e. The summed E-state index contributed by atoms with van der Waals surface area (Å²) >= 11 is 22.9. The SMILES string of the molecule is COCN(c1cc(Cl)cnc1C(=O)Cl)S(=O)(=O)C1(C(F)(F)F)C=CC=CC1(Cl)Cl. The molecule has 1 heterocycles. The molecule has 0 spiro atoms. The second-order valence-electron chi connectivity index (χ2n) is 5.64. The van der Waals surface area contributed by atoms with Gasteiger partial charge in [-0.3, -0.25) is 4.79 Å². The highest BCUT2D eigenvalue weighted by Gasteiger charge is 2.74. The van der Waals surface area contributed by atoms with Crippen LogP contribution in [0.1, 0.15) is 10.5 Å². The Morgan fingerprint density at radius 2 is 1.86 bits per heavy atom. The second kappa shape index (κ2) is 8.24. The summed E-state index contributed by atoms with van der Waals surface area (Å²) in [6, 6.07) is 0.900. The van der Waals surface area contributed by atoms with Crippen molar-refractivity contribution in [3.05, 3.63) is 47.3 Å².